The lowest BCUT2D eigenvalue weighted by Crippen LogP contribution is -2.24. The fourth-order valence-electron chi connectivity index (χ4n) is 3.20. The summed E-state index contributed by atoms with van der Waals surface area (Å²) in [6.45, 7) is 11.5. The van der Waals surface area contributed by atoms with Gasteiger partial charge in [0.15, 0.2) is 0 Å². The number of hydrogen-bond donors (Lipinski definition) is 1. The third kappa shape index (κ3) is 2.94. The molecule has 0 atom stereocenters. The normalized spacial score (nSPS) is 17.8. The van der Waals surface area contributed by atoms with Crippen LogP contribution in [0.25, 0.3) is 5.76 Å². The number of benzene rings is 1. The molecule has 1 N–H and O–H groups in total. The monoisotopic (exact) mass is 289 g/mol. The summed E-state index contributed by atoms with van der Waals surface area (Å²) in [5.74, 6) is 0.926. The molecular weight excluding hydrogens is 266 g/mol. The van der Waals surface area contributed by atoms with Crippen LogP contribution in [-0.4, -0.2) is 11.7 Å². The van der Waals surface area contributed by atoms with Crippen molar-refractivity contribution in [2.24, 2.45) is 16.0 Å². The van der Waals surface area contributed by atoms with Crippen molar-refractivity contribution in [3.63, 3.8) is 0 Å². The van der Waals surface area contributed by atoms with E-state index < -0.39 is 0 Å². The number of phenols is 1. The number of nitrogens with zero attached hydrogens (tertiary/aromatic N) is 1. The van der Waals surface area contributed by atoms with Crippen molar-refractivity contribution in [3.05, 3.63) is 39.8 Å². The smallest absolute Gasteiger partial charge is 0.127 e. The van der Waals surface area contributed by atoms with Crippen LogP contribution in [-0.2, 0) is 11.3 Å². The number of phenolic OH excluding ortho intramolecular Hbond substituents is 1. The van der Waals surface area contributed by atoms with E-state index in [0.717, 1.165) is 11.3 Å². The van der Waals surface area contributed by atoms with Crippen LogP contribution >= 0.6 is 0 Å². The molecule has 114 valence electrons. The molecule has 0 unspecified atom stereocenters. The average Bonchev–Trinajstić information content (AvgIpc) is 2.67. The highest BCUT2D eigenvalue weighted by molar-refractivity contribution is 5.69. The fourth-order valence-corrected chi connectivity index (χ4v) is 3.20. The van der Waals surface area contributed by atoms with Crippen molar-refractivity contribution < 1.29 is 9.84 Å². The standard InChI is InChI=1S/C17H23NO3/c1-16(2,3)15-14(21-10-17(15,4)5)11-6-7-12(9-18-20)13(19)8-11/h6-8,19H,9-10H2,1-5H3. The molecule has 4 nitrogen and oxygen atoms in total. The van der Waals surface area contributed by atoms with Gasteiger partial charge in [0, 0.05) is 16.5 Å². The lowest BCUT2D eigenvalue weighted by atomic mass is 9.71. The Balaban J connectivity index is 2.54. The quantitative estimate of drug-likeness (QED) is 0.835. The van der Waals surface area contributed by atoms with Crippen molar-refractivity contribution in [1.29, 1.82) is 0 Å². The second-order valence-corrected chi connectivity index (χ2v) is 7.26. The maximum Gasteiger partial charge on any atom is 0.127 e. The van der Waals surface area contributed by atoms with E-state index in [-0.39, 0.29) is 23.1 Å². The second kappa shape index (κ2) is 5.17. The number of hydrogen-bond acceptors (Lipinski definition) is 4. The molecule has 0 spiro atoms. The van der Waals surface area contributed by atoms with Crippen LogP contribution in [0.15, 0.2) is 28.9 Å². The summed E-state index contributed by atoms with van der Waals surface area (Å²) in [7, 11) is 0. The number of aromatic hydroxyl groups is 1. The lowest BCUT2D eigenvalue weighted by Gasteiger charge is -2.30. The largest absolute Gasteiger partial charge is 0.508 e. The van der Waals surface area contributed by atoms with Crippen LogP contribution in [0, 0.1) is 15.7 Å². The number of nitroso groups, excluding NO2 is 1. The SMILES string of the molecule is CC(C)(C)C1=C(c2ccc(CN=O)c(O)c2)OCC1(C)C. The maximum atomic E-state index is 10.3. The summed E-state index contributed by atoms with van der Waals surface area (Å²) < 4.78 is 5.93. The van der Waals surface area contributed by atoms with Gasteiger partial charge in [-0.15, -0.1) is 0 Å². The van der Waals surface area contributed by atoms with Gasteiger partial charge in [-0.1, -0.05) is 51.9 Å². The minimum atomic E-state index is -0.0355. The minimum absolute atomic E-state index is 0.0199. The van der Waals surface area contributed by atoms with Gasteiger partial charge in [-0.3, -0.25) is 0 Å². The predicted octanol–water partition coefficient (Wildman–Crippen LogP) is 4.47. The molecule has 2 rings (SSSR count). The molecule has 0 aliphatic carbocycles. The van der Waals surface area contributed by atoms with E-state index in [1.165, 1.54) is 5.57 Å². The first-order chi connectivity index (χ1) is 9.66. The van der Waals surface area contributed by atoms with Crippen LogP contribution in [0.3, 0.4) is 0 Å². The number of rotatable bonds is 3. The molecule has 1 aromatic rings. The van der Waals surface area contributed by atoms with E-state index in [2.05, 4.69) is 39.8 Å². The summed E-state index contributed by atoms with van der Waals surface area (Å²) in [5.41, 5.74) is 2.57. The zero-order valence-corrected chi connectivity index (χ0v) is 13.4. The summed E-state index contributed by atoms with van der Waals surface area (Å²) in [5, 5.41) is 12.8. The highest BCUT2D eigenvalue weighted by atomic mass is 16.5. The predicted molar refractivity (Wildman–Crippen MR) is 83.7 cm³/mol. The van der Waals surface area contributed by atoms with Gasteiger partial charge in [-0.05, 0) is 17.1 Å². The maximum absolute atomic E-state index is 10.3. The highest BCUT2D eigenvalue weighted by Crippen LogP contribution is 2.49. The van der Waals surface area contributed by atoms with E-state index >= 15 is 0 Å². The van der Waals surface area contributed by atoms with E-state index in [0.29, 0.717) is 12.2 Å². The Hall–Kier alpha value is -1.84. The molecule has 0 aromatic heterocycles. The van der Waals surface area contributed by atoms with Crippen LogP contribution in [0.5, 0.6) is 5.75 Å². The van der Waals surface area contributed by atoms with Gasteiger partial charge in [-0.25, -0.2) is 0 Å². The van der Waals surface area contributed by atoms with E-state index in [9.17, 15) is 10.0 Å². The molecule has 1 aromatic carbocycles. The Morgan fingerprint density at radius 2 is 2.00 bits per heavy atom. The third-order valence-electron chi connectivity index (χ3n) is 3.81. The van der Waals surface area contributed by atoms with Gasteiger partial charge in [0.05, 0.1) is 6.61 Å². The van der Waals surface area contributed by atoms with Crippen molar-refractivity contribution >= 4 is 5.76 Å². The van der Waals surface area contributed by atoms with Crippen LogP contribution in [0.1, 0.15) is 45.7 Å². The molecule has 1 aliphatic rings. The van der Waals surface area contributed by atoms with Crippen LogP contribution < -0.4 is 0 Å². The molecule has 0 radical (unpaired) electrons. The van der Waals surface area contributed by atoms with Crippen molar-refractivity contribution in [2.45, 2.75) is 41.2 Å². The lowest BCUT2D eigenvalue weighted by molar-refractivity contribution is 0.213. The van der Waals surface area contributed by atoms with Gasteiger partial charge >= 0.3 is 0 Å². The molecule has 1 aliphatic heterocycles. The summed E-state index contributed by atoms with van der Waals surface area (Å²) in [4.78, 5) is 10.3. The molecule has 0 amide bonds. The van der Waals surface area contributed by atoms with Gasteiger partial charge < -0.3 is 9.84 Å². The third-order valence-corrected chi connectivity index (χ3v) is 3.81. The molecular formula is C17H23NO3. The van der Waals surface area contributed by atoms with Gasteiger partial charge in [0.2, 0.25) is 0 Å². The molecule has 21 heavy (non-hydrogen) atoms. The van der Waals surface area contributed by atoms with Crippen LogP contribution in [0.4, 0.5) is 0 Å². The van der Waals surface area contributed by atoms with Crippen molar-refractivity contribution in [1.82, 2.24) is 0 Å². The Bertz CT molecular complexity index is 595. The second-order valence-electron chi connectivity index (χ2n) is 7.26. The minimum Gasteiger partial charge on any atom is -0.508 e. The van der Waals surface area contributed by atoms with Gasteiger partial charge in [0.1, 0.15) is 18.1 Å². The van der Waals surface area contributed by atoms with Gasteiger partial charge in [0.25, 0.3) is 0 Å². The molecule has 0 bridgehead atoms. The summed E-state index contributed by atoms with van der Waals surface area (Å²) >= 11 is 0. The summed E-state index contributed by atoms with van der Waals surface area (Å²) in [6.07, 6.45) is 0. The Morgan fingerprint density at radius 3 is 2.52 bits per heavy atom. The molecule has 4 heteroatoms. The molecule has 0 fully saturated rings. The first-order valence-corrected chi connectivity index (χ1v) is 7.16. The topological polar surface area (TPSA) is 58.9 Å². The molecule has 1 heterocycles. The molecule has 0 saturated heterocycles. The molecule has 0 saturated carbocycles. The zero-order chi connectivity index (χ0) is 15.8. The van der Waals surface area contributed by atoms with E-state index in [1.54, 1.807) is 12.1 Å². The van der Waals surface area contributed by atoms with E-state index in [1.807, 2.05) is 6.07 Å². The van der Waals surface area contributed by atoms with Crippen molar-refractivity contribution in [2.75, 3.05) is 6.61 Å². The number of ether oxygens (including phenoxy) is 1. The first kappa shape index (κ1) is 15.5. The van der Waals surface area contributed by atoms with Crippen molar-refractivity contribution in [3.8, 4) is 5.75 Å². The Labute approximate surface area is 125 Å². The van der Waals surface area contributed by atoms with Crippen LogP contribution in [0.2, 0.25) is 0 Å². The zero-order valence-electron chi connectivity index (χ0n) is 13.4. The highest BCUT2D eigenvalue weighted by Gasteiger charge is 2.41. The Kier molecular flexibility index (Phi) is 3.83. The van der Waals surface area contributed by atoms with E-state index in [4.69, 9.17) is 4.74 Å². The average molecular weight is 289 g/mol. The fraction of sp³-hybridized carbons (Fsp3) is 0.529. The van der Waals surface area contributed by atoms with Gasteiger partial charge in [-0.2, -0.15) is 4.91 Å². The first-order valence-electron chi connectivity index (χ1n) is 7.16. The Morgan fingerprint density at radius 1 is 1.33 bits per heavy atom. The summed E-state index contributed by atoms with van der Waals surface area (Å²) in [6, 6.07) is 5.26.